The van der Waals surface area contributed by atoms with Crippen LogP contribution in [0.4, 0.5) is 0 Å². The molecule has 0 aromatic rings. The van der Waals surface area contributed by atoms with E-state index in [1.807, 2.05) is 13.8 Å². The van der Waals surface area contributed by atoms with E-state index < -0.39 is 0 Å². The number of hydrogen-bond acceptors (Lipinski definition) is 1. The van der Waals surface area contributed by atoms with Gasteiger partial charge in [0.25, 0.3) is 0 Å². The molecule has 0 bridgehead atoms. The Labute approximate surface area is 72.8 Å². The molecule has 1 aliphatic carbocycles. The molecule has 1 fully saturated rings. The SMILES string of the molecule is CC.NCCC1CCCCC1.[HH]. The first-order valence-corrected chi connectivity index (χ1v) is 5.13. The molecule has 2 N–H and O–H groups in total. The Balaban J connectivity index is 0. The summed E-state index contributed by atoms with van der Waals surface area (Å²) >= 11 is 0. The van der Waals surface area contributed by atoms with Gasteiger partial charge < -0.3 is 5.73 Å². The Morgan fingerprint density at radius 1 is 1.18 bits per heavy atom. The van der Waals surface area contributed by atoms with Crippen LogP contribution < -0.4 is 5.73 Å². The van der Waals surface area contributed by atoms with Gasteiger partial charge in [-0.1, -0.05) is 46.0 Å². The third-order valence-corrected chi connectivity index (χ3v) is 2.30. The molecular weight excluding hydrogens is 134 g/mol. The van der Waals surface area contributed by atoms with Crippen LogP contribution in [-0.2, 0) is 0 Å². The maximum absolute atomic E-state index is 5.46. The van der Waals surface area contributed by atoms with Gasteiger partial charge >= 0.3 is 0 Å². The smallest absolute Gasteiger partial charge is 0 e. The van der Waals surface area contributed by atoms with Gasteiger partial charge in [0.15, 0.2) is 0 Å². The van der Waals surface area contributed by atoms with Crippen LogP contribution in [0.1, 0.15) is 53.8 Å². The Morgan fingerprint density at radius 2 is 1.73 bits per heavy atom. The average Bonchev–Trinajstić information content (AvgIpc) is 2.11. The average molecular weight is 159 g/mol. The second-order valence-corrected chi connectivity index (χ2v) is 3.08. The predicted octanol–water partition coefficient (Wildman–Crippen LogP) is 3.19. The molecule has 1 rings (SSSR count). The van der Waals surface area contributed by atoms with Gasteiger partial charge in [-0.2, -0.15) is 0 Å². The van der Waals surface area contributed by atoms with Gasteiger partial charge in [0, 0.05) is 1.43 Å². The van der Waals surface area contributed by atoms with Crippen molar-refractivity contribution in [2.75, 3.05) is 6.54 Å². The molecular formula is C10H25N. The summed E-state index contributed by atoms with van der Waals surface area (Å²) in [6.07, 6.45) is 8.50. The maximum Gasteiger partial charge on any atom is 0 e. The summed E-state index contributed by atoms with van der Waals surface area (Å²) in [5.41, 5.74) is 5.46. The summed E-state index contributed by atoms with van der Waals surface area (Å²) in [6, 6.07) is 0. The van der Waals surface area contributed by atoms with Gasteiger partial charge in [0.1, 0.15) is 0 Å². The van der Waals surface area contributed by atoms with Crippen molar-refractivity contribution in [1.82, 2.24) is 0 Å². The lowest BCUT2D eigenvalue weighted by Crippen LogP contribution is -2.11. The summed E-state index contributed by atoms with van der Waals surface area (Å²) in [5.74, 6) is 0.976. The highest BCUT2D eigenvalue weighted by Gasteiger charge is 2.11. The first-order valence-electron chi connectivity index (χ1n) is 5.13. The molecule has 70 valence electrons. The molecule has 0 aliphatic heterocycles. The van der Waals surface area contributed by atoms with Crippen LogP contribution in [0.5, 0.6) is 0 Å². The fourth-order valence-electron chi connectivity index (χ4n) is 1.71. The normalized spacial score (nSPS) is 18.8. The predicted molar refractivity (Wildman–Crippen MR) is 53.7 cm³/mol. The van der Waals surface area contributed by atoms with Crippen LogP contribution in [0, 0.1) is 5.92 Å². The van der Waals surface area contributed by atoms with Crippen molar-refractivity contribution in [3.63, 3.8) is 0 Å². The molecule has 0 radical (unpaired) electrons. The zero-order chi connectivity index (χ0) is 8.53. The van der Waals surface area contributed by atoms with E-state index in [0.717, 1.165) is 12.5 Å². The largest absolute Gasteiger partial charge is 0.330 e. The summed E-state index contributed by atoms with van der Waals surface area (Å²) in [7, 11) is 0. The van der Waals surface area contributed by atoms with Crippen LogP contribution in [0.2, 0.25) is 0 Å². The Kier molecular flexibility index (Phi) is 8.03. The molecule has 0 spiro atoms. The van der Waals surface area contributed by atoms with Crippen LogP contribution in [0.25, 0.3) is 0 Å². The van der Waals surface area contributed by atoms with Crippen molar-refractivity contribution < 1.29 is 1.43 Å². The highest BCUT2D eigenvalue weighted by atomic mass is 14.5. The van der Waals surface area contributed by atoms with Gasteiger partial charge in [0.05, 0.1) is 0 Å². The fraction of sp³-hybridized carbons (Fsp3) is 1.00. The molecule has 0 unspecified atom stereocenters. The standard InChI is InChI=1S/C8H17N.C2H6.H2/c9-7-6-8-4-2-1-3-5-8;1-2;/h8H,1-7,9H2;1-2H3;1H. The Hall–Kier alpha value is -0.0400. The third-order valence-electron chi connectivity index (χ3n) is 2.30. The number of rotatable bonds is 2. The van der Waals surface area contributed by atoms with Crippen LogP contribution in [0.15, 0.2) is 0 Å². The van der Waals surface area contributed by atoms with E-state index in [9.17, 15) is 0 Å². The Morgan fingerprint density at radius 3 is 2.18 bits per heavy atom. The van der Waals surface area contributed by atoms with Gasteiger partial charge in [-0.3, -0.25) is 0 Å². The summed E-state index contributed by atoms with van der Waals surface area (Å²) in [5, 5.41) is 0. The van der Waals surface area contributed by atoms with Crippen molar-refractivity contribution in [3.8, 4) is 0 Å². The molecule has 0 heterocycles. The molecule has 1 aliphatic rings. The van der Waals surface area contributed by atoms with E-state index >= 15 is 0 Å². The molecule has 1 heteroatoms. The van der Waals surface area contributed by atoms with Crippen molar-refractivity contribution in [3.05, 3.63) is 0 Å². The lowest BCUT2D eigenvalue weighted by atomic mass is 9.87. The van der Waals surface area contributed by atoms with E-state index in [1.165, 1.54) is 38.5 Å². The second-order valence-electron chi connectivity index (χ2n) is 3.08. The molecule has 0 saturated heterocycles. The lowest BCUT2D eigenvalue weighted by molar-refractivity contribution is 0.343. The zero-order valence-corrected chi connectivity index (χ0v) is 8.10. The first-order chi connectivity index (χ1) is 5.43. The van der Waals surface area contributed by atoms with E-state index in [0.29, 0.717) is 0 Å². The quantitative estimate of drug-likeness (QED) is 0.658. The van der Waals surface area contributed by atoms with Gasteiger partial charge in [-0.15, -0.1) is 0 Å². The zero-order valence-electron chi connectivity index (χ0n) is 8.10. The van der Waals surface area contributed by atoms with Crippen molar-refractivity contribution in [1.29, 1.82) is 0 Å². The Bertz CT molecular complexity index is 67.5. The maximum atomic E-state index is 5.46. The van der Waals surface area contributed by atoms with Gasteiger partial charge in [0.2, 0.25) is 0 Å². The number of hydrogen-bond donors (Lipinski definition) is 1. The van der Waals surface area contributed by atoms with E-state index in [-0.39, 0.29) is 1.43 Å². The lowest BCUT2D eigenvalue weighted by Gasteiger charge is -2.20. The summed E-state index contributed by atoms with van der Waals surface area (Å²) in [6.45, 7) is 4.89. The van der Waals surface area contributed by atoms with Crippen molar-refractivity contribution >= 4 is 0 Å². The molecule has 0 amide bonds. The van der Waals surface area contributed by atoms with Crippen molar-refractivity contribution in [2.45, 2.75) is 52.4 Å². The molecule has 11 heavy (non-hydrogen) atoms. The minimum Gasteiger partial charge on any atom is -0.330 e. The molecule has 0 aromatic heterocycles. The van der Waals surface area contributed by atoms with Crippen LogP contribution >= 0.6 is 0 Å². The minimum absolute atomic E-state index is 0. The summed E-state index contributed by atoms with van der Waals surface area (Å²) < 4.78 is 0. The molecule has 0 atom stereocenters. The molecule has 0 aromatic carbocycles. The molecule has 1 saturated carbocycles. The van der Waals surface area contributed by atoms with Gasteiger partial charge in [-0.05, 0) is 18.9 Å². The highest BCUT2D eigenvalue weighted by Crippen LogP contribution is 2.25. The topological polar surface area (TPSA) is 26.0 Å². The minimum atomic E-state index is 0. The fourth-order valence-corrected chi connectivity index (χ4v) is 1.71. The van der Waals surface area contributed by atoms with E-state index in [2.05, 4.69) is 0 Å². The molecule has 1 nitrogen and oxygen atoms in total. The van der Waals surface area contributed by atoms with Crippen LogP contribution in [-0.4, -0.2) is 6.54 Å². The number of nitrogens with two attached hydrogens (primary N) is 1. The highest BCUT2D eigenvalue weighted by molar-refractivity contribution is 4.65. The monoisotopic (exact) mass is 159 g/mol. The first kappa shape index (κ1) is 11.0. The van der Waals surface area contributed by atoms with Crippen molar-refractivity contribution in [2.24, 2.45) is 11.7 Å². The second kappa shape index (κ2) is 8.06. The van der Waals surface area contributed by atoms with E-state index in [1.54, 1.807) is 0 Å². The van der Waals surface area contributed by atoms with Crippen LogP contribution in [0.3, 0.4) is 0 Å². The van der Waals surface area contributed by atoms with E-state index in [4.69, 9.17) is 5.73 Å². The third kappa shape index (κ3) is 5.25. The summed E-state index contributed by atoms with van der Waals surface area (Å²) in [4.78, 5) is 0. The van der Waals surface area contributed by atoms with Gasteiger partial charge in [-0.25, -0.2) is 0 Å².